The van der Waals surface area contributed by atoms with E-state index in [1.165, 1.54) is 32.5 Å². The Bertz CT molecular complexity index is 1900. The van der Waals surface area contributed by atoms with E-state index in [0.717, 1.165) is 7.11 Å². The van der Waals surface area contributed by atoms with Crippen LogP contribution in [-0.2, 0) is 37.1 Å². The third-order valence-electron chi connectivity index (χ3n) is 7.28. The van der Waals surface area contributed by atoms with Gasteiger partial charge in [0.25, 0.3) is 5.91 Å². The number of nitrogens with two attached hydrogens (primary N) is 2. The number of nitrogens with zero attached hydrogens (tertiary/aromatic N) is 6. The molecule has 2 amide bonds. The molecule has 5 heterocycles. The lowest BCUT2D eigenvalue weighted by atomic mass is 9.99. The number of oxime groups is 1. The zero-order chi connectivity index (χ0) is 32.5. The first kappa shape index (κ1) is 33.9. The van der Waals surface area contributed by atoms with Crippen LogP contribution in [-0.4, -0.2) is 68.9 Å². The number of rotatable bonds is 10. The van der Waals surface area contributed by atoms with Gasteiger partial charge in [0, 0.05) is 17.0 Å². The van der Waals surface area contributed by atoms with Gasteiger partial charge in [0.15, 0.2) is 5.13 Å². The van der Waals surface area contributed by atoms with Crippen LogP contribution in [0.4, 0.5) is 15.3 Å². The van der Waals surface area contributed by atoms with E-state index in [1.54, 1.807) is 61.3 Å². The molecule has 19 heteroatoms. The summed E-state index contributed by atoms with van der Waals surface area (Å²) >= 11 is 2.46. The smallest absolute Gasteiger partial charge is 0.355 e. The van der Waals surface area contributed by atoms with Crippen molar-refractivity contribution in [3.05, 3.63) is 76.7 Å². The van der Waals surface area contributed by atoms with E-state index in [1.807, 2.05) is 4.57 Å². The fourth-order valence-corrected chi connectivity index (χ4v) is 7.37. The van der Waals surface area contributed by atoms with Gasteiger partial charge in [-0.15, -0.1) is 23.1 Å². The molecule has 1 aromatic carbocycles. The lowest BCUT2D eigenvalue weighted by Gasteiger charge is -2.51. The molecule has 0 spiro atoms. The molecule has 1 saturated heterocycles. The number of methoxy groups -OCH3 is 1. The predicted octanol–water partition coefficient (Wildman–Crippen LogP) is -1.68. The Balaban J connectivity index is 0.00000433. The Morgan fingerprint density at radius 2 is 1.94 bits per heavy atom. The highest BCUT2D eigenvalue weighted by Gasteiger charge is 2.57. The number of anilines is 2. The maximum Gasteiger partial charge on any atom is 0.355 e. The van der Waals surface area contributed by atoms with E-state index in [9.17, 15) is 18.8 Å². The maximum atomic E-state index is 14.1. The largest absolute Gasteiger partial charge is 1.00 e. The molecular formula is C28H27FIN9O6S2. The lowest BCUT2D eigenvalue weighted by Crippen LogP contribution is -3.00. The van der Waals surface area contributed by atoms with Crippen LogP contribution < -0.4 is 50.1 Å². The molecule has 1 unspecified atom stereocenters. The van der Waals surface area contributed by atoms with Gasteiger partial charge in [-0.25, -0.2) is 14.3 Å². The van der Waals surface area contributed by atoms with Crippen LogP contribution in [0.5, 0.6) is 5.75 Å². The molecule has 5 N–H and O–H groups in total. The van der Waals surface area contributed by atoms with E-state index < -0.39 is 40.4 Å². The summed E-state index contributed by atoms with van der Waals surface area (Å²) in [4.78, 5) is 50.1. The number of benzene rings is 1. The highest BCUT2D eigenvalue weighted by Crippen LogP contribution is 2.51. The zero-order valence-electron chi connectivity index (χ0n) is 24.7. The molecule has 2 aliphatic heterocycles. The lowest BCUT2D eigenvalue weighted by molar-refractivity contribution is -0.666. The number of aromatic nitrogens is 4. The minimum absolute atomic E-state index is 0. The van der Waals surface area contributed by atoms with Crippen LogP contribution in [0.15, 0.2) is 70.6 Å². The van der Waals surface area contributed by atoms with Crippen molar-refractivity contribution in [2.75, 3.05) is 25.7 Å². The molecule has 15 nitrogen and oxygen atoms in total. The number of nitrogens with one attached hydrogen (secondary N) is 1. The Morgan fingerprint density at radius 3 is 2.62 bits per heavy atom. The van der Waals surface area contributed by atoms with E-state index in [4.69, 9.17) is 20.9 Å². The van der Waals surface area contributed by atoms with Crippen molar-refractivity contribution in [2.24, 2.45) is 5.16 Å². The van der Waals surface area contributed by atoms with Gasteiger partial charge < -0.3 is 55.1 Å². The predicted molar refractivity (Wildman–Crippen MR) is 165 cm³/mol. The third-order valence-corrected chi connectivity index (χ3v) is 9.54. The van der Waals surface area contributed by atoms with Crippen LogP contribution in [0.1, 0.15) is 16.5 Å². The molecule has 0 aliphatic carbocycles. The third kappa shape index (κ3) is 6.54. The van der Waals surface area contributed by atoms with Crippen molar-refractivity contribution in [1.29, 1.82) is 0 Å². The number of halogens is 2. The van der Waals surface area contributed by atoms with Gasteiger partial charge in [0.1, 0.15) is 43.1 Å². The van der Waals surface area contributed by atoms with E-state index >= 15 is 0 Å². The number of hydrogen-bond donors (Lipinski definition) is 3. The van der Waals surface area contributed by atoms with Crippen LogP contribution in [0, 0.1) is 0 Å². The molecule has 3 aromatic heterocycles. The minimum Gasteiger partial charge on any atom is -1.00 e. The van der Waals surface area contributed by atoms with Crippen LogP contribution in [0.25, 0.3) is 5.65 Å². The second kappa shape index (κ2) is 14.1. The molecule has 0 saturated carbocycles. The number of carbonyl (C=O) groups is 3. The fraction of sp³-hybridized carbons (Fsp3) is 0.250. The van der Waals surface area contributed by atoms with Crippen molar-refractivity contribution in [3.8, 4) is 5.75 Å². The van der Waals surface area contributed by atoms with Crippen molar-refractivity contribution in [3.63, 3.8) is 0 Å². The molecular weight excluding hydrogens is 768 g/mol. The van der Waals surface area contributed by atoms with Gasteiger partial charge in [-0.05, 0) is 22.9 Å². The molecule has 1 fully saturated rings. The fourth-order valence-electron chi connectivity index (χ4n) is 5.14. The van der Waals surface area contributed by atoms with Gasteiger partial charge in [-0.1, -0.05) is 21.7 Å². The van der Waals surface area contributed by atoms with Gasteiger partial charge in [0.2, 0.25) is 5.82 Å². The van der Waals surface area contributed by atoms with Gasteiger partial charge in [0.05, 0.1) is 36.5 Å². The summed E-state index contributed by atoms with van der Waals surface area (Å²) in [5, 5.41) is 10.2. The number of thioether (sulfide) groups is 1. The summed E-state index contributed by atoms with van der Waals surface area (Å²) in [6, 6.07) is 9.19. The molecule has 2 aliphatic rings. The van der Waals surface area contributed by atoms with Gasteiger partial charge in [-0.3, -0.25) is 14.5 Å². The Kier molecular flexibility index (Phi) is 10.2. The van der Waals surface area contributed by atoms with E-state index in [0.29, 0.717) is 39.2 Å². The average Bonchev–Trinajstić information content (AvgIpc) is 3.74. The highest BCUT2D eigenvalue weighted by atomic mass is 127. The maximum absolute atomic E-state index is 14.1. The number of hydrogen-bond acceptors (Lipinski definition) is 13. The molecule has 0 bridgehead atoms. The molecule has 47 heavy (non-hydrogen) atoms. The van der Waals surface area contributed by atoms with Crippen LogP contribution in [0.2, 0.25) is 0 Å². The monoisotopic (exact) mass is 795 g/mol. The van der Waals surface area contributed by atoms with Crippen molar-refractivity contribution in [1.82, 2.24) is 24.8 Å². The molecule has 246 valence electrons. The van der Waals surface area contributed by atoms with Gasteiger partial charge in [-0.2, -0.15) is 4.39 Å². The first-order valence-electron chi connectivity index (χ1n) is 13.6. The van der Waals surface area contributed by atoms with E-state index in [-0.39, 0.29) is 42.8 Å². The SMILES string of the molecule is CON=C(F)C(=O)N[C@@H]1C(=O)N2C(C(=O)OCc3ccc(OC)cc3)=C(C[n+]3ccc(N)n4nccc43)C(c3csc(N)n3)S[C@@H]12.[I-]. The van der Waals surface area contributed by atoms with Crippen LogP contribution in [0.3, 0.4) is 0 Å². The summed E-state index contributed by atoms with van der Waals surface area (Å²) in [5.41, 5.74) is 14.4. The summed E-state index contributed by atoms with van der Waals surface area (Å²) < 4.78 is 28.4. The van der Waals surface area contributed by atoms with Crippen molar-refractivity contribution < 1.29 is 61.6 Å². The number of thiazole rings is 1. The minimum atomic E-state index is -1.46. The molecule has 6 rings (SSSR count). The normalized spacial score (nSPS) is 19.0. The van der Waals surface area contributed by atoms with Crippen molar-refractivity contribution in [2.45, 2.75) is 29.8 Å². The summed E-state index contributed by atoms with van der Waals surface area (Å²) in [5.74, 6) is -3.09. The quantitative estimate of drug-likeness (QED) is 0.0415. The number of fused-ring (bicyclic) bond motifs is 2. The highest BCUT2D eigenvalue weighted by molar-refractivity contribution is 8.00. The molecule has 3 atom stereocenters. The number of esters is 1. The number of amides is 2. The number of ether oxygens (including phenoxy) is 2. The Morgan fingerprint density at radius 1 is 1.17 bits per heavy atom. The topological polar surface area (TPSA) is 193 Å². The summed E-state index contributed by atoms with van der Waals surface area (Å²) in [6.45, 7) is -0.00526. The average molecular weight is 796 g/mol. The van der Waals surface area contributed by atoms with Crippen molar-refractivity contribution >= 4 is 63.4 Å². The number of β-lactam (4-membered cyclic amide) rings is 1. The van der Waals surface area contributed by atoms with Crippen LogP contribution >= 0.6 is 23.1 Å². The zero-order valence-corrected chi connectivity index (χ0v) is 28.5. The second-order valence-corrected chi connectivity index (χ2v) is 12.1. The Labute approximate surface area is 291 Å². The summed E-state index contributed by atoms with van der Waals surface area (Å²) in [7, 11) is 2.62. The standard InChI is InChI=1S/C28H26FN9O6S2.HI/c1-42-15-5-3-14(4-6-15)12-44-27(41)21-16(11-36-10-8-18(30)38-19(36)7-9-32-38)22(17-13-45-28(31)33-17)46-26-20(25(40)37(21)26)34-24(39)23(29)35-43-2;/h3-10,13,20,22,26,30H,11-12H2,1-2H3,(H3,31,33,34,39);1H/t20-,22?,26+;/m1./s1. The number of nitrogen functional groups attached to an aromatic ring is 2. The van der Waals surface area contributed by atoms with Gasteiger partial charge >= 0.3 is 23.5 Å². The number of carbonyl (C=O) groups excluding carboxylic acids is 3. The first-order valence-corrected chi connectivity index (χ1v) is 15.4. The second-order valence-electron chi connectivity index (χ2n) is 10.0. The summed E-state index contributed by atoms with van der Waals surface area (Å²) in [6.07, 6.45) is 3.32. The van der Waals surface area contributed by atoms with E-state index in [2.05, 4.69) is 25.4 Å². The first-order chi connectivity index (χ1) is 22.2. The molecule has 4 aromatic rings. The Hall–Kier alpha value is -4.50. The molecule has 0 radical (unpaired) electrons.